The summed E-state index contributed by atoms with van der Waals surface area (Å²) < 4.78 is 31.3. The fourth-order valence-corrected chi connectivity index (χ4v) is 4.54. The van der Waals surface area contributed by atoms with Crippen molar-refractivity contribution in [2.45, 2.75) is 33.4 Å². The summed E-state index contributed by atoms with van der Waals surface area (Å²) in [5.74, 6) is -0.0440. The number of hydrogen-bond acceptors (Lipinski definition) is 5. The Morgan fingerprint density at radius 2 is 1.69 bits per heavy atom. The lowest BCUT2D eigenvalue weighted by molar-refractivity contribution is -0.139. The van der Waals surface area contributed by atoms with Crippen molar-refractivity contribution in [3.05, 3.63) is 58.1 Å². The highest BCUT2D eigenvalue weighted by Gasteiger charge is 2.31. The minimum Gasteiger partial charge on any atom is -0.497 e. The van der Waals surface area contributed by atoms with Gasteiger partial charge in [0, 0.05) is 13.1 Å². The van der Waals surface area contributed by atoms with E-state index in [0.717, 1.165) is 16.1 Å². The van der Waals surface area contributed by atoms with Crippen LogP contribution >= 0.6 is 23.2 Å². The maximum Gasteiger partial charge on any atom is 0.244 e. The van der Waals surface area contributed by atoms with Crippen molar-refractivity contribution < 1.29 is 22.7 Å². The summed E-state index contributed by atoms with van der Waals surface area (Å²) in [5, 5.41) is 3.00. The molecular formula is C24H31Cl2N3O5S. The van der Waals surface area contributed by atoms with Gasteiger partial charge in [-0.15, -0.1) is 0 Å². The number of sulfonamides is 1. The van der Waals surface area contributed by atoms with Crippen LogP contribution in [0.5, 0.6) is 5.75 Å². The first-order valence-electron chi connectivity index (χ1n) is 11.0. The summed E-state index contributed by atoms with van der Waals surface area (Å²) in [7, 11) is -2.36. The van der Waals surface area contributed by atoms with Gasteiger partial charge in [-0.25, -0.2) is 8.42 Å². The van der Waals surface area contributed by atoms with Crippen LogP contribution in [0.4, 0.5) is 5.69 Å². The van der Waals surface area contributed by atoms with E-state index < -0.39 is 28.5 Å². The van der Waals surface area contributed by atoms with Crippen molar-refractivity contribution in [2.75, 3.05) is 30.8 Å². The molecule has 0 aliphatic rings. The Bertz CT molecular complexity index is 1140. The molecule has 8 nitrogen and oxygen atoms in total. The molecule has 0 spiro atoms. The van der Waals surface area contributed by atoms with E-state index in [9.17, 15) is 18.0 Å². The first kappa shape index (κ1) is 28.7. The second kappa shape index (κ2) is 12.5. The summed E-state index contributed by atoms with van der Waals surface area (Å²) in [4.78, 5) is 27.7. The van der Waals surface area contributed by atoms with Gasteiger partial charge >= 0.3 is 0 Å². The van der Waals surface area contributed by atoms with Gasteiger partial charge in [-0.2, -0.15) is 0 Å². The number of rotatable bonds is 11. The number of ether oxygens (including phenoxy) is 1. The summed E-state index contributed by atoms with van der Waals surface area (Å²) >= 11 is 12.3. The van der Waals surface area contributed by atoms with E-state index >= 15 is 0 Å². The Morgan fingerprint density at radius 3 is 2.23 bits per heavy atom. The maximum absolute atomic E-state index is 13.5. The van der Waals surface area contributed by atoms with Gasteiger partial charge in [-0.05, 0) is 42.7 Å². The summed E-state index contributed by atoms with van der Waals surface area (Å²) in [6.07, 6.45) is 0.976. The normalized spacial score (nSPS) is 12.2. The van der Waals surface area contributed by atoms with Crippen molar-refractivity contribution >= 4 is 50.7 Å². The zero-order chi connectivity index (χ0) is 26.3. The van der Waals surface area contributed by atoms with Crippen molar-refractivity contribution in [3.8, 4) is 5.75 Å². The number of methoxy groups -OCH3 is 1. The van der Waals surface area contributed by atoms with E-state index in [4.69, 9.17) is 27.9 Å². The summed E-state index contributed by atoms with van der Waals surface area (Å²) in [6, 6.07) is 10.7. The number of carbonyl (C=O) groups is 2. The first-order valence-corrected chi connectivity index (χ1v) is 13.6. The minimum absolute atomic E-state index is 0.0109. The van der Waals surface area contributed by atoms with Gasteiger partial charge in [-0.1, -0.05) is 55.2 Å². The third-order valence-electron chi connectivity index (χ3n) is 5.24. The maximum atomic E-state index is 13.5. The van der Waals surface area contributed by atoms with E-state index in [2.05, 4.69) is 5.32 Å². The molecule has 0 aliphatic heterocycles. The molecule has 2 aromatic rings. The second-order valence-corrected chi connectivity index (χ2v) is 11.2. The van der Waals surface area contributed by atoms with Crippen LogP contribution in [0.1, 0.15) is 26.3 Å². The number of amides is 2. The SMILES string of the molecule is COc1ccc(CN(C(=O)CN(c2cccc(Cl)c2Cl)S(C)(=O)=O)[C@@H](C)C(=O)NCC(C)C)cc1. The molecule has 0 saturated carbocycles. The molecule has 0 saturated heterocycles. The molecule has 2 rings (SSSR count). The Hall–Kier alpha value is -2.49. The van der Waals surface area contributed by atoms with Crippen LogP contribution in [-0.4, -0.2) is 57.6 Å². The highest BCUT2D eigenvalue weighted by Crippen LogP contribution is 2.33. The number of nitrogens with zero attached hydrogens (tertiary/aromatic N) is 2. The van der Waals surface area contributed by atoms with Gasteiger partial charge in [0.15, 0.2) is 0 Å². The van der Waals surface area contributed by atoms with Crippen LogP contribution < -0.4 is 14.4 Å². The number of benzene rings is 2. The Morgan fingerprint density at radius 1 is 1.06 bits per heavy atom. The standard InChI is InChI=1S/C24H31Cl2N3O5S/c1-16(2)13-27-24(31)17(3)28(14-18-9-11-19(34-4)12-10-18)22(30)15-29(35(5,32)33)21-8-6-7-20(25)23(21)26/h6-12,16-17H,13-15H2,1-5H3,(H,27,31)/t17-/m0/s1. The highest BCUT2D eigenvalue weighted by atomic mass is 35.5. The fourth-order valence-electron chi connectivity index (χ4n) is 3.24. The van der Waals surface area contributed by atoms with E-state index in [-0.39, 0.29) is 34.1 Å². The van der Waals surface area contributed by atoms with Crippen molar-refractivity contribution in [2.24, 2.45) is 5.92 Å². The second-order valence-electron chi connectivity index (χ2n) is 8.53. The molecule has 0 unspecified atom stereocenters. The Kier molecular flexibility index (Phi) is 10.2. The van der Waals surface area contributed by atoms with Gasteiger partial charge < -0.3 is 15.0 Å². The molecule has 192 valence electrons. The van der Waals surface area contributed by atoms with Gasteiger partial charge in [-0.3, -0.25) is 13.9 Å². The molecule has 35 heavy (non-hydrogen) atoms. The lowest BCUT2D eigenvalue weighted by Gasteiger charge is -2.32. The van der Waals surface area contributed by atoms with Gasteiger partial charge in [0.2, 0.25) is 21.8 Å². The smallest absolute Gasteiger partial charge is 0.244 e. The van der Waals surface area contributed by atoms with Crippen molar-refractivity contribution in [3.63, 3.8) is 0 Å². The quantitative estimate of drug-likeness (QED) is 0.462. The van der Waals surface area contributed by atoms with Crippen LogP contribution in [0.2, 0.25) is 10.0 Å². The van der Waals surface area contributed by atoms with Gasteiger partial charge in [0.25, 0.3) is 0 Å². The van der Waals surface area contributed by atoms with Crippen LogP contribution in [-0.2, 0) is 26.2 Å². The zero-order valence-corrected chi connectivity index (χ0v) is 22.7. The lowest BCUT2D eigenvalue weighted by atomic mass is 10.1. The minimum atomic E-state index is -3.91. The van der Waals surface area contributed by atoms with Crippen molar-refractivity contribution in [1.29, 1.82) is 0 Å². The van der Waals surface area contributed by atoms with Gasteiger partial charge in [0.05, 0.1) is 29.1 Å². The molecule has 1 atom stereocenters. The number of carbonyl (C=O) groups excluding carboxylic acids is 2. The molecule has 0 aromatic heterocycles. The Balaban J connectivity index is 2.40. The molecule has 0 heterocycles. The fraction of sp³-hybridized carbons (Fsp3) is 0.417. The largest absolute Gasteiger partial charge is 0.497 e. The van der Waals surface area contributed by atoms with Crippen LogP contribution in [0.3, 0.4) is 0 Å². The average molecular weight is 545 g/mol. The third kappa shape index (κ3) is 8.02. The van der Waals surface area contributed by atoms with Crippen LogP contribution in [0, 0.1) is 5.92 Å². The summed E-state index contributed by atoms with van der Waals surface area (Å²) in [5.41, 5.74) is 0.825. The third-order valence-corrected chi connectivity index (χ3v) is 7.18. The molecule has 2 aromatic carbocycles. The Labute approximate surface area is 217 Å². The van der Waals surface area contributed by atoms with E-state index in [0.29, 0.717) is 12.3 Å². The average Bonchev–Trinajstić information content (AvgIpc) is 2.80. The molecule has 0 bridgehead atoms. The van der Waals surface area contributed by atoms with E-state index in [1.807, 2.05) is 13.8 Å². The number of nitrogens with one attached hydrogen (secondary N) is 1. The molecule has 11 heteroatoms. The number of anilines is 1. The molecule has 0 fully saturated rings. The topological polar surface area (TPSA) is 96.0 Å². The molecule has 0 radical (unpaired) electrons. The predicted molar refractivity (Wildman–Crippen MR) is 140 cm³/mol. The van der Waals surface area contributed by atoms with Crippen LogP contribution in [0.15, 0.2) is 42.5 Å². The molecule has 2 amide bonds. The predicted octanol–water partition coefficient (Wildman–Crippen LogP) is 3.96. The van der Waals surface area contributed by atoms with E-state index in [1.165, 1.54) is 17.0 Å². The molecule has 0 aliphatic carbocycles. The molecule has 1 N–H and O–H groups in total. The highest BCUT2D eigenvalue weighted by molar-refractivity contribution is 7.92. The van der Waals surface area contributed by atoms with E-state index in [1.54, 1.807) is 44.4 Å². The first-order chi connectivity index (χ1) is 16.3. The number of halogens is 2. The van der Waals surface area contributed by atoms with Crippen molar-refractivity contribution in [1.82, 2.24) is 10.2 Å². The summed E-state index contributed by atoms with van der Waals surface area (Å²) in [6.45, 7) is 5.50. The zero-order valence-electron chi connectivity index (χ0n) is 20.4. The number of hydrogen-bond donors (Lipinski definition) is 1. The van der Waals surface area contributed by atoms with Crippen LogP contribution in [0.25, 0.3) is 0 Å². The van der Waals surface area contributed by atoms with Gasteiger partial charge in [0.1, 0.15) is 18.3 Å². The molecular weight excluding hydrogens is 513 g/mol. The lowest BCUT2D eigenvalue weighted by Crippen LogP contribution is -2.51. The monoisotopic (exact) mass is 543 g/mol.